The highest BCUT2D eigenvalue weighted by atomic mass is 16.3. The van der Waals surface area contributed by atoms with E-state index in [1.54, 1.807) is 18.3 Å². The zero-order chi connectivity index (χ0) is 11.4. The molecule has 1 unspecified atom stereocenters. The Bertz CT molecular complexity index is 442. The summed E-state index contributed by atoms with van der Waals surface area (Å²) >= 11 is 0. The number of phenols is 1. The van der Waals surface area contributed by atoms with Crippen molar-refractivity contribution in [3.8, 4) is 5.75 Å². The Morgan fingerprint density at radius 3 is 2.56 bits per heavy atom. The highest BCUT2D eigenvalue weighted by molar-refractivity contribution is 5.27. The van der Waals surface area contributed by atoms with Crippen molar-refractivity contribution in [3.05, 3.63) is 54.1 Å². The molecule has 0 radical (unpaired) electrons. The van der Waals surface area contributed by atoms with Gasteiger partial charge in [-0.25, -0.2) is 9.97 Å². The van der Waals surface area contributed by atoms with Gasteiger partial charge in [-0.1, -0.05) is 12.1 Å². The Morgan fingerprint density at radius 2 is 1.94 bits per heavy atom. The van der Waals surface area contributed by atoms with E-state index >= 15 is 0 Å². The highest BCUT2D eigenvalue weighted by Crippen LogP contribution is 2.16. The summed E-state index contributed by atoms with van der Waals surface area (Å²) in [5, 5.41) is 9.16. The Morgan fingerprint density at radius 1 is 1.19 bits per heavy atom. The van der Waals surface area contributed by atoms with Crippen LogP contribution in [0.3, 0.4) is 0 Å². The summed E-state index contributed by atoms with van der Waals surface area (Å²) in [6.45, 7) is 0. The first-order valence-corrected chi connectivity index (χ1v) is 5.05. The number of phenolic OH excluding ortho intramolecular Hbond substituents is 1. The van der Waals surface area contributed by atoms with E-state index in [4.69, 9.17) is 10.8 Å². The first-order chi connectivity index (χ1) is 7.75. The van der Waals surface area contributed by atoms with E-state index in [9.17, 15) is 0 Å². The van der Waals surface area contributed by atoms with Crippen molar-refractivity contribution in [2.45, 2.75) is 12.5 Å². The molecule has 0 spiro atoms. The summed E-state index contributed by atoms with van der Waals surface area (Å²) < 4.78 is 0. The van der Waals surface area contributed by atoms with Crippen LogP contribution >= 0.6 is 0 Å². The minimum absolute atomic E-state index is 0.146. The minimum atomic E-state index is -0.146. The van der Waals surface area contributed by atoms with Gasteiger partial charge in [0.1, 0.15) is 12.1 Å². The maximum atomic E-state index is 9.16. The van der Waals surface area contributed by atoms with Gasteiger partial charge in [-0.2, -0.15) is 0 Å². The van der Waals surface area contributed by atoms with E-state index in [1.165, 1.54) is 6.33 Å². The van der Waals surface area contributed by atoms with Crippen LogP contribution in [0.4, 0.5) is 0 Å². The normalized spacial score (nSPS) is 12.3. The lowest BCUT2D eigenvalue weighted by molar-refractivity contribution is 0.475. The number of benzene rings is 1. The average molecular weight is 215 g/mol. The molecule has 0 aliphatic carbocycles. The second kappa shape index (κ2) is 4.72. The zero-order valence-electron chi connectivity index (χ0n) is 8.74. The van der Waals surface area contributed by atoms with E-state index in [-0.39, 0.29) is 11.8 Å². The Balaban J connectivity index is 2.08. The van der Waals surface area contributed by atoms with Crippen molar-refractivity contribution in [3.63, 3.8) is 0 Å². The summed E-state index contributed by atoms with van der Waals surface area (Å²) in [5.74, 6) is 0.263. The van der Waals surface area contributed by atoms with Crippen molar-refractivity contribution in [1.82, 2.24) is 9.97 Å². The maximum absolute atomic E-state index is 9.16. The molecule has 0 aliphatic heterocycles. The van der Waals surface area contributed by atoms with Gasteiger partial charge in [0, 0.05) is 6.20 Å². The Hall–Kier alpha value is -1.94. The van der Waals surface area contributed by atoms with Crippen molar-refractivity contribution in [2.24, 2.45) is 5.73 Å². The molecule has 0 saturated heterocycles. The van der Waals surface area contributed by atoms with E-state index in [2.05, 4.69) is 9.97 Å². The molecule has 0 aliphatic rings. The molecular weight excluding hydrogens is 202 g/mol. The van der Waals surface area contributed by atoms with Crippen LogP contribution in [-0.2, 0) is 6.42 Å². The summed E-state index contributed by atoms with van der Waals surface area (Å²) in [5.41, 5.74) is 7.91. The minimum Gasteiger partial charge on any atom is -0.508 e. The topological polar surface area (TPSA) is 72.0 Å². The standard InChI is InChI=1S/C12H13N3O/c13-11(12-5-6-14-8-15-12)7-9-1-3-10(16)4-2-9/h1-6,8,11,16H,7,13H2. The molecule has 0 saturated carbocycles. The van der Waals surface area contributed by atoms with Crippen molar-refractivity contribution in [2.75, 3.05) is 0 Å². The van der Waals surface area contributed by atoms with Crippen LogP contribution in [0.25, 0.3) is 0 Å². The highest BCUT2D eigenvalue weighted by Gasteiger charge is 2.07. The van der Waals surface area contributed by atoms with Crippen LogP contribution in [0, 0.1) is 0 Å². The molecule has 0 amide bonds. The largest absolute Gasteiger partial charge is 0.508 e. The fraction of sp³-hybridized carbons (Fsp3) is 0.167. The van der Waals surface area contributed by atoms with Crippen molar-refractivity contribution >= 4 is 0 Å². The SMILES string of the molecule is NC(Cc1ccc(O)cc1)c1ccncn1. The van der Waals surface area contributed by atoms with E-state index < -0.39 is 0 Å². The average Bonchev–Trinajstić information content (AvgIpc) is 2.33. The van der Waals surface area contributed by atoms with Crippen LogP contribution in [0.1, 0.15) is 17.3 Å². The van der Waals surface area contributed by atoms with Crippen molar-refractivity contribution in [1.29, 1.82) is 0 Å². The number of aromatic hydroxyl groups is 1. The Labute approximate surface area is 93.8 Å². The number of hydrogen-bond acceptors (Lipinski definition) is 4. The molecule has 2 rings (SSSR count). The number of hydrogen-bond donors (Lipinski definition) is 2. The summed E-state index contributed by atoms with van der Waals surface area (Å²) in [7, 11) is 0. The smallest absolute Gasteiger partial charge is 0.115 e. The number of nitrogens with two attached hydrogens (primary N) is 1. The lowest BCUT2D eigenvalue weighted by atomic mass is 10.0. The van der Waals surface area contributed by atoms with Gasteiger partial charge in [0.2, 0.25) is 0 Å². The van der Waals surface area contributed by atoms with Crippen LogP contribution < -0.4 is 5.73 Å². The molecule has 3 N–H and O–H groups in total. The van der Waals surface area contributed by atoms with Gasteiger partial charge in [-0.15, -0.1) is 0 Å². The van der Waals surface area contributed by atoms with Crippen LogP contribution in [0.15, 0.2) is 42.9 Å². The second-order valence-corrected chi connectivity index (χ2v) is 3.61. The third-order valence-electron chi connectivity index (χ3n) is 2.38. The molecular formula is C12H13N3O. The third kappa shape index (κ3) is 2.55. The van der Waals surface area contributed by atoms with Gasteiger partial charge in [0.15, 0.2) is 0 Å². The number of nitrogens with zero attached hydrogens (tertiary/aromatic N) is 2. The molecule has 1 aromatic heterocycles. The molecule has 4 nitrogen and oxygen atoms in total. The Kier molecular flexibility index (Phi) is 3.12. The molecule has 1 heterocycles. The fourth-order valence-corrected chi connectivity index (χ4v) is 1.51. The first kappa shape index (κ1) is 10.6. The van der Waals surface area contributed by atoms with E-state index in [0.717, 1.165) is 11.3 Å². The van der Waals surface area contributed by atoms with E-state index in [0.29, 0.717) is 6.42 Å². The summed E-state index contributed by atoms with van der Waals surface area (Å²) in [4.78, 5) is 7.95. The predicted molar refractivity (Wildman–Crippen MR) is 60.8 cm³/mol. The maximum Gasteiger partial charge on any atom is 0.115 e. The van der Waals surface area contributed by atoms with Gasteiger partial charge in [-0.3, -0.25) is 0 Å². The molecule has 16 heavy (non-hydrogen) atoms. The monoisotopic (exact) mass is 215 g/mol. The molecule has 82 valence electrons. The number of aromatic nitrogens is 2. The third-order valence-corrected chi connectivity index (χ3v) is 2.38. The quantitative estimate of drug-likeness (QED) is 0.812. The summed E-state index contributed by atoms with van der Waals surface area (Å²) in [6.07, 6.45) is 3.86. The van der Waals surface area contributed by atoms with Gasteiger partial charge in [0.25, 0.3) is 0 Å². The predicted octanol–water partition coefficient (Wildman–Crippen LogP) is 1.42. The van der Waals surface area contributed by atoms with Gasteiger partial charge < -0.3 is 10.8 Å². The van der Waals surface area contributed by atoms with Crippen LogP contribution in [0.2, 0.25) is 0 Å². The molecule has 2 aromatic rings. The lowest BCUT2D eigenvalue weighted by Gasteiger charge is -2.10. The van der Waals surface area contributed by atoms with Gasteiger partial charge >= 0.3 is 0 Å². The molecule has 0 bridgehead atoms. The van der Waals surface area contributed by atoms with Crippen LogP contribution in [0.5, 0.6) is 5.75 Å². The zero-order valence-corrected chi connectivity index (χ0v) is 8.74. The second-order valence-electron chi connectivity index (χ2n) is 3.61. The summed E-state index contributed by atoms with van der Waals surface area (Å²) in [6, 6.07) is 8.69. The van der Waals surface area contributed by atoms with Gasteiger partial charge in [-0.05, 0) is 30.2 Å². The van der Waals surface area contributed by atoms with Gasteiger partial charge in [0.05, 0.1) is 11.7 Å². The molecule has 1 aromatic carbocycles. The number of rotatable bonds is 3. The molecule has 0 fully saturated rings. The fourth-order valence-electron chi connectivity index (χ4n) is 1.51. The van der Waals surface area contributed by atoms with E-state index in [1.807, 2.05) is 18.2 Å². The van der Waals surface area contributed by atoms with Crippen molar-refractivity contribution < 1.29 is 5.11 Å². The van der Waals surface area contributed by atoms with Crippen LogP contribution in [-0.4, -0.2) is 15.1 Å². The first-order valence-electron chi connectivity index (χ1n) is 5.05. The molecule has 1 atom stereocenters. The molecule has 4 heteroatoms. The lowest BCUT2D eigenvalue weighted by Crippen LogP contribution is -2.14.